The molecule has 15 heavy (non-hydrogen) atoms. The zero-order chi connectivity index (χ0) is 10.8. The number of hydrogen-bond acceptors (Lipinski definition) is 4. The number of hydrogen-bond donors (Lipinski definition) is 1. The Morgan fingerprint density at radius 3 is 2.87 bits per heavy atom. The van der Waals surface area contributed by atoms with Crippen molar-refractivity contribution in [1.29, 1.82) is 0 Å². The van der Waals surface area contributed by atoms with Crippen LogP contribution >= 0.6 is 0 Å². The van der Waals surface area contributed by atoms with Gasteiger partial charge in [-0.25, -0.2) is 0 Å². The van der Waals surface area contributed by atoms with Gasteiger partial charge in [0.1, 0.15) is 11.6 Å². The number of rotatable bonds is 2. The summed E-state index contributed by atoms with van der Waals surface area (Å²) in [6.45, 7) is 4.94. The zero-order valence-corrected chi connectivity index (χ0v) is 9.48. The molecule has 0 amide bonds. The summed E-state index contributed by atoms with van der Waals surface area (Å²) in [5.41, 5.74) is 5.94. The molecule has 0 radical (unpaired) electrons. The van der Waals surface area contributed by atoms with E-state index in [4.69, 9.17) is 5.73 Å². The standard InChI is InChI=1S/C10H19N5/c1-8-12-13-10(14(8)2)7-15-5-3-4-9(11)6-15/h9H,3-7,11H2,1-2H3/t9-/m1/s1. The lowest BCUT2D eigenvalue weighted by molar-refractivity contribution is 0.195. The lowest BCUT2D eigenvalue weighted by Gasteiger charge is -2.30. The predicted molar refractivity (Wildman–Crippen MR) is 58.2 cm³/mol. The highest BCUT2D eigenvalue weighted by atomic mass is 15.3. The third-order valence-electron chi connectivity index (χ3n) is 3.09. The highest BCUT2D eigenvalue weighted by molar-refractivity contribution is 4.93. The Bertz CT molecular complexity index is 333. The molecule has 0 bridgehead atoms. The molecule has 5 heteroatoms. The van der Waals surface area contributed by atoms with E-state index in [1.807, 2.05) is 18.5 Å². The number of aryl methyl sites for hydroxylation is 1. The Labute approximate surface area is 90.3 Å². The average Bonchev–Trinajstić information content (AvgIpc) is 2.50. The molecular weight excluding hydrogens is 190 g/mol. The summed E-state index contributed by atoms with van der Waals surface area (Å²) >= 11 is 0. The van der Waals surface area contributed by atoms with Crippen LogP contribution in [0.15, 0.2) is 0 Å². The van der Waals surface area contributed by atoms with Gasteiger partial charge in [0.15, 0.2) is 0 Å². The first kappa shape index (κ1) is 10.6. The van der Waals surface area contributed by atoms with Crippen LogP contribution in [-0.4, -0.2) is 38.8 Å². The second-order valence-electron chi connectivity index (χ2n) is 4.36. The molecule has 1 aliphatic heterocycles. The van der Waals surface area contributed by atoms with Crippen LogP contribution in [0, 0.1) is 6.92 Å². The van der Waals surface area contributed by atoms with Crippen LogP contribution in [0.1, 0.15) is 24.5 Å². The summed E-state index contributed by atoms with van der Waals surface area (Å²) in [7, 11) is 2.01. The molecule has 1 saturated heterocycles. The molecule has 1 aliphatic rings. The first-order valence-electron chi connectivity index (χ1n) is 5.49. The van der Waals surface area contributed by atoms with Crippen LogP contribution in [-0.2, 0) is 13.6 Å². The maximum absolute atomic E-state index is 5.94. The molecule has 2 heterocycles. The summed E-state index contributed by atoms with van der Waals surface area (Å²) < 4.78 is 2.04. The molecule has 2 N–H and O–H groups in total. The van der Waals surface area contributed by atoms with E-state index in [1.54, 1.807) is 0 Å². The quantitative estimate of drug-likeness (QED) is 0.747. The Balaban J connectivity index is 1.99. The fraction of sp³-hybridized carbons (Fsp3) is 0.800. The van der Waals surface area contributed by atoms with Crippen molar-refractivity contribution in [3.8, 4) is 0 Å². The largest absolute Gasteiger partial charge is 0.327 e. The Morgan fingerprint density at radius 2 is 2.27 bits per heavy atom. The van der Waals surface area contributed by atoms with E-state index in [9.17, 15) is 0 Å². The van der Waals surface area contributed by atoms with Gasteiger partial charge >= 0.3 is 0 Å². The summed E-state index contributed by atoms with van der Waals surface area (Å²) in [6, 6.07) is 0.327. The molecule has 0 saturated carbocycles. The second-order valence-corrected chi connectivity index (χ2v) is 4.36. The van der Waals surface area contributed by atoms with Gasteiger partial charge < -0.3 is 10.3 Å². The molecule has 0 aliphatic carbocycles. The summed E-state index contributed by atoms with van der Waals surface area (Å²) in [4.78, 5) is 2.36. The Morgan fingerprint density at radius 1 is 1.47 bits per heavy atom. The summed E-state index contributed by atoms with van der Waals surface area (Å²) in [5.74, 6) is 1.99. The van der Waals surface area contributed by atoms with Crippen LogP contribution in [0.5, 0.6) is 0 Å². The number of aromatic nitrogens is 3. The monoisotopic (exact) mass is 209 g/mol. The van der Waals surface area contributed by atoms with Gasteiger partial charge in [0, 0.05) is 19.6 Å². The first-order valence-corrected chi connectivity index (χ1v) is 5.49. The van der Waals surface area contributed by atoms with Gasteiger partial charge in [0.25, 0.3) is 0 Å². The normalized spacial score (nSPS) is 23.3. The molecule has 1 aromatic heterocycles. The highest BCUT2D eigenvalue weighted by Crippen LogP contribution is 2.11. The third kappa shape index (κ3) is 2.35. The van der Waals surface area contributed by atoms with E-state index >= 15 is 0 Å². The maximum Gasteiger partial charge on any atom is 0.146 e. The van der Waals surface area contributed by atoms with Gasteiger partial charge in [-0.2, -0.15) is 0 Å². The summed E-state index contributed by atoms with van der Waals surface area (Å²) in [6.07, 6.45) is 2.34. The first-order chi connectivity index (χ1) is 7.16. The second kappa shape index (κ2) is 4.28. The number of piperidine rings is 1. The van der Waals surface area contributed by atoms with Gasteiger partial charge in [-0.3, -0.25) is 4.90 Å². The molecule has 1 atom stereocenters. The van der Waals surface area contributed by atoms with E-state index in [0.29, 0.717) is 6.04 Å². The van der Waals surface area contributed by atoms with Crippen molar-refractivity contribution in [2.45, 2.75) is 32.4 Å². The van der Waals surface area contributed by atoms with Gasteiger partial charge in [-0.05, 0) is 26.3 Å². The fourth-order valence-corrected chi connectivity index (χ4v) is 2.02. The molecule has 84 valence electrons. The third-order valence-corrected chi connectivity index (χ3v) is 3.09. The lowest BCUT2D eigenvalue weighted by Crippen LogP contribution is -2.42. The molecule has 0 unspecified atom stereocenters. The molecule has 5 nitrogen and oxygen atoms in total. The molecule has 0 aromatic carbocycles. The van der Waals surface area contributed by atoms with Crippen molar-refractivity contribution in [2.75, 3.05) is 13.1 Å². The highest BCUT2D eigenvalue weighted by Gasteiger charge is 2.18. The summed E-state index contributed by atoms with van der Waals surface area (Å²) in [5, 5.41) is 8.22. The Hall–Kier alpha value is -0.940. The topological polar surface area (TPSA) is 60.0 Å². The van der Waals surface area contributed by atoms with Crippen molar-refractivity contribution in [3.63, 3.8) is 0 Å². The van der Waals surface area contributed by atoms with Crippen molar-refractivity contribution in [2.24, 2.45) is 12.8 Å². The van der Waals surface area contributed by atoms with E-state index < -0.39 is 0 Å². The Kier molecular flexibility index (Phi) is 3.02. The van der Waals surface area contributed by atoms with Crippen LogP contribution in [0.25, 0.3) is 0 Å². The van der Waals surface area contributed by atoms with E-state index in [1.165, 1.54) is 6.42 Å². The van der Waals surface area contributed by atoms with Crippen LogP contribution in [0.2, 0.25) is 0 Å². The van der Waals surface area contributed by atoms with E-state index in [2.05, 4.69) is 15.1 Å². The minimum Gasteiger partial charge on any atom is -0.327 e. The molecular formula is C10H19N5. The molecule has 2 rings (SSSR count). The molecule has 1 aromatic rings. The number of nitrogens with two attached hydrogens (primary N) is 1. The van der Waals surface area contributed by atoms with Gasteiger partial charge in [0.2, 0.25) is 0 Å². The van der Waals surface area contributed by atoms with E-state index in [-0.39, 0.29) is 0 Å². The smallest absolute Gasteiger partial charge is 0.146 e. The minimum absolute atomic E-state index is 0.327. The van der Waals surface area contributed by atoms with Crippen LogP contribution < -0.4 is 5.73 Å². The van der Waals surface area contributed by atoms with Crippen LogP contribution in [0.3, 0.4) is 0 Å². The lowest BCUT2D eigenvalue weighted by atomic mass is 10.1. The SMILES string of the molecule is Cc1nnc(CN2CCC[C@@H](N)C2)n1C. The van der Waals surface area contributed by atoms with Gasteiger partial charge in [0.05, 0.1) is 6.54 Å². The van der Waals surface area contributed by atoms with Gasteiger partial charge in [-0.15, -0.1) is 10.2 Å². The van der Waals surface area contributed by atoms with Gasteiger partial charge in [-0.1, -0.05) is 0 Å². The van der Waals surface area contributed by atoms with Crippen molar-refractivity contribution >= 4 is 0 Å². The fourth-order valence-electron chi connectivity index (χ4n) is 2.02. The van der Waals surface area contributed by atoms with Crippen molar-refractivity contribution in [1.82, 2.24) is 19.7 Å². The average molecular weight is 209 g/mol. The number of likely N-dealkylation sites (tertiary alicyclic amines) is 1. The predicted octanol–water partition coefficient (Wildman–Crippen LogP) is 0.0466. The minimum atomic E-state index is 0.327. The van der Waals surface area contributed by atoms with Crippen molar-refractivity contribution < 1.29 is 0 Å². The van der Waals surface area contributed by atoms with Crippen molar-refractivity contribution in [3.05, 3.63) is 11.6 Å². The number of nitrogens with zero attached hydrogens (tertiary/aromatic N) is 4. The molecule has 0 spiro atoms. The van der Waals surface area contributed by atoms with E-state index in [0.717, 1.165) is 37.7 Å². The maximum atomic E-state index is 5.94. The van der Waals surface area contributed by atoms with Crippen LogP contribution in [0.4, 0.5) is 0 Å². The molecule has 1 fully saturated rings. The zero-order valence-electron chi connectivity index (χ0n) is 9.48.